The van der Waals surface area contributed by atoms with Gasteiger partial charge in [0.05, 0.1) is 0 Å². The molecule has 0 saturated heterocycles. The lowest BCUT2D eigenvalue weighted by atomic mass is 10.1. The van der Waals surface area contributed by atoms with Gasteiger partial charge in [-0.2, -0.15) is 0 Å². The smallest absolute Gasteiger partial charge is 0.00892 e. The van der Waals surface area contributed by atoms with Gasteiger partial charge in [0.25, 0.3) is 0 Å². The molecule has 0 nitrogen and oxygen atoms in total. The molecule has 0 fully saturated rings. The number of allylic oxidation sites excluding steroid dienone is 1. The van der Waals surface area contributed by atoms with Gasteiger partial charge in [0, 0.05) is 0 Å². The van der Waals surface area contributed by atoms with Crippen LogP contribution in [0.4, 0.5) is 0 Å². The second-order valence-corrected chi connectivity index (χ2v) is 3.08. The van der Waals surface area contributed by atoms with Gasteiger partial charge in [0.15, 0.2) is 0 Å². The van der Waals surface area contributed by atoms with Gasteiger partial charge in [-0.05, 0) is 23.9 Å². The second kappa shape index (κ2) is 4.35. The molecule has 0 aliphatic carbocycles. The molecule has 0 saturated carbocycles. The van der Waals surface area contributed by atoms with Gasteiger partial charge in [0.2, 0.25) is 0 Å². The average molecular weight is 211 g/mol. The molecule has 0 aliphatic rings. The molecule has 0 radical (unpaired) electrons. The molecule has 0 aromatic heterocycles. The van der Waals surface area contributed by atoms with E-state index in [0.717, 1.165) is 6.42 Å². The van der Waals surface area contributed by atoms with Crippen LogP contribution in [0.3, 0.4) is 0 Å². The molecule has 0 aliphatic heterocycles. The second-order valence-electron chi connectivity index (χ2n) is 2.55. The molecule has 0 amide bonds. The normalized spacial score (nSPS) is 10.7. The highest BCUT2D eigenvalue weighted by molar-refractivity contribution is 9.11. The minimum atomic E-state index is 1.01. The summed E-state index contributed by atoms with van der Waals surface area (Å²) in [5.41, 5.74) is 2.67. The largest absolute Gasteiger partial charge is 0.0732 e. The Labute approximate surface area is 76.1 Å². The fourth-order valence-corrected chi connectivity index (χ4v) is 1.09. The molecular weight excluding hydrogens is 200 g/mol. The third-order valence-electron chi connectivity index (χ3n) is 1.56. The maximum absolute atomic E-state index is 3.24. The third kappa shape index (κ3) is 2.89. The van der Waals surface area contributed by atoms with E-state index < -0.39 is 0 Å². The fraction of sp³-hybridized carbons (Fsp3) is 0.200. The van der Waals surface area contributed by atoms with Gasteiger partial charge < -0.3 is 0 Å². The minimum Gasteiger partial charge on any atom is -0.0732 e. The highest BCUT2D eigenvalue weighted by Crippen LogP contribution is 2.04. The molecule has 0 N–H and O–H groups in total. The van der Waals surface area contributed by atoms with Crippen LogP contribution in [0.15, 0.2) is 35.3 Å². The quantitative estimate of drug-likeness (QED) is 0.702. The molecule has 1 aromatic carbocycles. The molecule has 1 rings (SSSR count). The Balaban J connectivity index is 2.66. The number of hydrogen-bond donors (Lipinski definition) is 0. The summed E-state index contributed by atoms with van der Waals surface area (Å²) >= 11 is 3.24. The lowest BCUT2D eigenvalue weighted by Crippen LogP contribution is -1.79. The predicted molar refractivity (Wildman–Crippen MR) is 53.0 cm³/mol. The maximum Gasteiger partial charge on any atom is -0.00892 e. The Kier molecular flexibility index (Phi) is 3.37. The zero-order chi connectivity index (χ0) is 8.10. The summed E-state index contributed by atoms with van der Waals surface area (Å²) in [5.74, 6) is 0. The summed E-state index contributed by atoms with van der Waals surface area (Å²) in [6.45, 7) is 2.10. The number of rotatable bonds is 2. The van der Waals surface area contributed by atoms with E-state index in [9.17, 15) is 0 Å². The van der Waals surface area contributed by atoms with Crippen molar-refractivity contribution in [3.8, 4) is 0 Å². The molecular formula is C10H11Br. The van der Waals surface area contributed by atoms with Crippen LogP contribution in [0.2, 0.25) is 0 Å². The SMILES string of the molecule is Cc1ccc(CC=CBr)cc1. The van der Waals surface area contributed by atoms with Gasteiger partial charge in [-0.3, -0.25) is 0 Å². The van der Waals surface area contributed by atoms with Crippen molar-refractivity contribution in [3.05, 3.63) is 46.5 Å². The van der Waals surface area contributed by atoms with Gasteiger partial charge in [-0.25, -0.2) is 0 Å². The van der Waals surface area contributed by atoms with Crippen LogP contribution in [-0.4, -0.2) is 0 Å². The van der Waals surface area contributed by atoms with Gasteiger partial charge in [-0.1, -0.05) is 51.8 Å². The van der Waals surface area contributed by atoms with E-state index in [1.54, 1.807) is 0 Å². The summed E-state index contributed by atoms with van der Waals surface area (Å²) < 4.78 is 0. The molecule has 58 valence electrons. The molecule has 0 heterocycles. The zero-order valence-electron chi connectivity index (χ0n) is 6.55. The van der Waals surface area contributed by atoms with Crippen LogP contribution in [0.1, 0.15) is 11.1 Å². The van der Waals surface area contributed by atoms with Crippen molar-refractivity contribution in [1.82, 2.24) is 0 Å². The summed E-state index contributed by atoms with van der Waals surface area (Å²) in [6.07, 6.45) is 3.09. The van der Waals surface area contributed by atoms with Gasteiger partial charge in [-0.15, -0.1) is 0 Å². The average Bonchev–Trinajstić information content (AvgIpc) is 2.04. The molecule has 0 atom stereocenters. The zero-order valence-corrected chi connectivity index (χ0v) is 8.14. The van der Waals surface area contributed by atoms with E-state index in [1.165, 1.54) is 11.1 Å². The van der Waals surface area contributed by atoms with Crippen LogP contribution >= 0.6 is 15.9 Å². The molecule has 0 unspecified atom stereocenters. The van der Waals surface area contributed by atoms with Crippen molar-refractivity contribution < 1.29 is 0 Å². The lowest BCUT2D eigenvalue weighted by molar-refractivity contribution is 1.26. The number of aryl methyl sites for hydroxylation is 1. The van der Waals surface area contributed by atoms with E-state index in [0.29, 0.717) is 0 Å². The highest BCUT2D eigenvalue weighted by atomic mass is 79.9. The fourth-order valence-electron chi connectivity index (χ4n) is 0.905. The monoisotopic (exact) mass is 210 g/mol. The van der Waals surface area contributed by atoms with Crippen LogP contribution < -0.4 is 0 Å². The van der Waals surface area contributed by atoms with E-state index >= 15 is 0 Å². The Bertz CT molecular complexity index is 234. The van der Waals surface area contributed by atoms with Crippen LogP contribution in [-0.2, 0) is 6.42 Å². The Morgan fingerprint density at radius 1 is 1.27 bits per heavy atom. The number of halogens is 1. The van der Waals surface area contributed by atoms with Gasteiger partial charge >= 0.3 is 0 Å². The van der Waals surface area contributed by atoms with E-state index in [4.69, 9.17) is 0 Å². The first-order chi connectivity index (χ1) is 5.33. The van der Waals surface area contributed by atoms with Crippen LogP contribution in [0.25, 0.3) is 0 Å². The maximum atomic E-state index is 3.24. The lowest BCUT2D eigenvalue weighted by Gasteiger charge is -1.95. The van der Waals surface area contributed by atoms with Crippen molar-refractivity contribution in [3.63, 3.8) is 0 Å². The summed E-state index contributed by atoms with van der Waals surface area (Å²) in [6, 6.07) is 8.58. The van der Waals surface area contributed by atoms with Crippen molar-refractivity contribution in [2.24, 2.45) is 0 Å². The molecule has 1 heteroatoms. The van der Waals surface area contributed by atoms with Crippen molar-refractivity contribution >= 4 is 15.9 Å². The number of hydrogen-bond acceptors (Lipinski definition) is 0. The Hall–Kier alpha value is -0.560. The number of benzene rings is 1. The first-order valence-corrected chi connectivity index (χ1v) is 4.55. The van der Waals surface area contributed by atoms with E-state index in [-0.39, 0.29) is 0 Å². The van der Waals surface area contributed by atoms with Crippen molar-refractivity contribution in [2.45, 2.75) is 13.3 Å². The first kappa shape index (κ1) is 8.54. The molecule has 1 aromatic rings. The summed E-state index contributed by atoms with van der Waals surface area (Å²) in [7, 11) is 0. The van der Waals surface area contributed by atoms with E-state index in [1.807, 2.05) is 4.99 Å². The Morgan fingerprint density at radius 2 is 1.91 bits per heavy atom. The molecule has 11 heavy (non-hydrogen) atoms. The minimum absolute atomic E-state index is 1.01. The highest BCUT2D eigenvalue weighted by Gasteiger charge is 1.87. The predicted octanol–water partition coefficient (Wildman–Crippen LogP) is 3.45. The molecule has 0 bridgehead atoms. The first-order valence-electron chi connectivity index (χ1n) is 3.63. The summed E-state index contributed by atoms with van der Waals surface area (Å²) in [4.78, 5) is 1.90. The molecule has 0 spiro atoms. The third-order valence-corrected chi connectivity index (χ3v) is 1.94. The van der Waals surface area contributed by atoms with Crippen molar-refractivity contribution in [2.75, 3.05) is 0 Å². The van der Waals surface area contributed by atoms with Crippen LogP contribution in [0, 0.1) is 6.92 Å². The Morgan fingerprint density at radius 3 is 2.45 bits per heavy atom. The topological polar surface area (TPSA) is 0 Å². The van der Waals surface area contributed by atoms with Gasteiger partial charge in [0.1, 0.15) is 0 Å². The van der Waals surface area contributed by atoms with Crippen molar-refractivity contribution in [1.29, 1.82) is 0 Å². The summed E-state index contributed by atoms with van der Waals surface area (Å²) in [5, 5.41) is 0. The van der Waals surface area contributed by atoms with Crippen LogP contribution in [0.5, 0.6) is 0 Å². The standard InChI is InChI=1S/C10H11Br/c1-9-4-6-10(7-5-9)3-2-8-11/h2,4-8H,3H2,1H3. The van der Waals surface area contributed by atoms with E-state index in [2.05, 4.69) is 53.2 Å².